The highest BCUT2D eigenvalue weighted by Gasteiger charge is 2.21. The number of nitro benzene ring substituents is 1. The molecule has 0 aliphatic rings. The number of non-ortho nitro benzene ring substituents is 1. The number of carbonyl (C=O) groups excluding carboxylic acids is 1. The number of hydrogen-bond acceptors (Lipinski definition) is 7. The summed E-state index contributed by atoms with van der Waals surface area (Å²) in [6.45, 7) is 1.68. The van der Waals surface area contributed by atoms with Gasteiger partial charge in [-0.15, -0.1) is 10.2 Å². The van der Waals surface area contributed by atoms with E-state index in [9.17, 15) is 19.7 Å². The van der Waals surface area contributed by atoms with Gasteiger partial charge in [-0.1, -0.05) is 11.3 Å². The first-order valence-corrected chi connectivity index (χ1v) is 6.33. The fourth-order valence-electron chi connectivity index (χ4n) is 1.53. The third kappa shape index (κ3) is 3.17. The van der Waals surface area contributed by atoms with Gasteiger partial charge >= 0.3 is 5.97 Å². The first-order valence-electron chi connectivity index (χ1n) is 5.51. The molecule has 0 fully saturated rings. The summed E-state index contributed by atoms with van der Waals surface area (Å²) < 4.78 is 0. The van der Waals surface area contributed by atoms with Crippen LogP contribution in [0.2, 0.25) is 0 Å². The topological polar surface area (TPSA) is 135 Å². The molecule has 108 valence electrons. The van der Waals surface area contributed by atoms with Crippen LogP contribution in [0.15, 0.2) is 18.2 Å². The Hall–Kier alpha value is -2.88. The number of nitrogens with one attached hydrogen (secondary N) is 1. The van der Waals surface area contributed by atoms with Crippen LogP contribution in [-0.2, 0) is 0 Å². The maximum atomic E-state index is 12.1. The zero-order valence-corrected chi connectivity index (χ0v) is 11.4. The molecule has 0 saturated carbocycles. The summed E-state index contributed by atoms with van der Waals surface area (Å²) >= 11 is 1.10. The summed E-state index contributed by atoms with van der Waals surface area (Å²) in [6, 6.07) is 2.95. The molecule has 10 heteroatoms. The number of aromatic nitrogens is 2. The molecule has 0 bridgehead atoms. The summed E-state index contributed by atoms with van der Waals surface area (Å²) in [5, 5.41) is 30.3. The number of rotatable bonds is 4. The van der Waals surface area contributed by atoms with Crippen LogP contribution in [0.1, 0.15) is 25.7 Å². The Morgan fingerprint density at radius 2 is 2.05 bits per heavy atom. The van der Waals surface area contributed by atoms with Gasteiger partial charge in [-0.2, -0.15) is 0 Å². The Balaban J connectivity index is 2.39. The fourth-order valence-corrected chi connectivity index (χ4v) is 2.12. The number of carboxylic acids is 1. The maximum absolute atomic E-state index is 12.1. The molecule has 2 rings (SSSR count). The van der Waals surface area contributed by atoms with Crippen molar-refractivity contribution in [2.45, 2.75) is 6.92 Å². The number of nitrogens with zero attached hydrogens (tertiary/aromatic N) is 3. The average molecular weight is 308 g/mol. The van der Waals surface area contributed by atoms with E-state index in [-0.39, 0.29) is 21.9 Å². The second kappa shape index (κ2) is 5.63. The van der Waals surface area contributed by atoms with Crippen LogP contribution in [0, 0.1) is 17.0 Å². The average Bonchev–Trinajstić information content (AvgIpc) is 2.83. The molecule has 2 aromatic rings. The highest BCUT2D eigenvalue weighted by Crippen LogP contribution is 2.21. The van der Waals surface area contributed by atoms with Crippen molar-refractivity contribution < 1.29 is 19.6 Å². The van der Waals surface area contributed by atoms with E-state index in [2.05, 4.69) is 15.5 Å². The smallest absolute Gasteiger partial charge is 0.336 e. The molecule has 1 aromatic heterocycles. The standard InChI is InChI=1S/C11H8N4O5S/c1-5-13-14-11(21-5)12-9(16)8-4-6(15(19)20)2-3-7(8)10(17)18/h2-4H,1H3,(H,17,18)(H,12,14,16). The summed E-state index contributed by atoms with van der Waals surface area (Å²) in [5.41, 5.74) is -1.03. The van der Waals surface area contributed by atoms with Gasteiger partial charge in [0.1, 0.15) is 5.01 Å². The first kappa shape index (κ1) is 14.5. The van der Waals surface area contributed by atoms with E-state index in [1.807, 2.05) is 0 Å². The zero-order chi connectivity index (χ0) is 15.6. The number of amides is 1. The van der Waals surface area contributed by atoms with Crippen molar-refractivity contribution in [2.24, 2.45) is 0 Å². The van der Waals surface area contributed by atoms with Crippen molar-refractivity contribution in [1.82, 2.24) is 10.2 Å². The first-order chi connectivity index (χ1) is 9.88. The minimum Gasteiger partial charge on any atom is -0.478 e. The van der Waals surface area contributed by atoms with Crippen molar-refractivity contribution in [3.8, 4) is 0 Å². The highest BCUT2D eigenvalue weighted by molar-refractivity contribution is 7.15. The fraction of sp³-hybridized carbons (Fsp3) is 0.0909. The van der Waals surface area contributed by atoms with Crippen molar-refractivity contribution in [1.29, 1.82) is 0 Å². The van der Waals surface area contributed by atoms with Gasteiger partial charge in [-0.25, -0.2) is 4.79 Å². The summed E-state index contributed by atoms with van der Waals surface area (Å²) in [5.74, 6) is -2.16. The number of carboxylic acid groups (broad SMARTS) is 1. The summed E-state index contributed by atoms with van der Waals surface area (Å²) in [7, 11) is 0. The zero-order valence-electron chi connectivity index (χ0n) is 10.6. The van der Waals surface area contributed by atoms with Crippen molar-refractivity contribution in [2.75, 3.05) is 5.32 Å². The number of hydrogen-bond donors (Lipinski definition) is 2. The molecule has 9 nitrogen and oxygen atoms in total. The van der Waals surface area contributed by atoms with E-state index < -0.39 is 16.8 Å². The molecule has 1 amide bonds. The molecule has 0 atom stereocenters. The van der Waals surface area contributed by atoms with Crippen LogP contribution in [0.5, 0.6) is 0 Å². The maximum Gasteiger partial charge on any atom is 0.336 e. The Morgan fingerprint density at radius 3 is 2.57 bits per heavy atom. The normalized spacial score (nSPS) is 10.1. The van der Waals surface area contributed by atoms with Crippen LogP contribution >= 0.6 is 11.3 Å². The van der Waals surface area contributed by atoms with Crippen LogP contribution in [0.3, 0.4) is 0 Å². The number of carbonyl (C=O) groups is 2. The molecule has 2 N–H and O–H groups in total. The molecule has 0 unspecified atom stereocenters. The lowest BCUT2D eigenvalue weighted by molar-refractivity contribution is -0.384. The Kier molecular flexibility index (Phi) is 3.89. The summed E-state index contributed by atoms with van der Waals surface area (Å²) in [6.07, 6.45) is 0. The van der Waals surface area contributed by atoms with Gasteiger partial charge in [0.15, 0.2) is 0 Å². The van der Waals surface area contributed by atoms with E-state index in [0.29, 0.717) is 5.01 Å². The lowest BCUT2D eigenvalue weighted by Gasteiger charge is -2.05. The summed E-state index contributed by atoms with van der Waals surface area (Å²) in [4.78, 5) is 33.2. The molecule has 0 aliphatic heterocycles. The lowest BCUT2D eigenvalue weighted by atomic mass is 10.1. The number of aromatic carboxylic acids is 1. The van der Waals surface area contributed by atoms with Gasteiger partial charge in [0.2, 0.25) is 5.13 Å². The van der Waals surface area contributed by atoms with Crippen LogP contribution < -0.4 is 5.32 Å². The van der Waals surface area contributed by atoms with E-state index in [4.69, 9.17) is 5.11 Å². The van der Waals surface area contributed by atoms with Gasteiger partial charge in [-0.3, -0.25) is 20.2 Å². The molecule has 21 heavy (non-hydrogen) atoms. The van der Waals surface area contributed by atoms with E-state index in [1.165, 1.54) is 0 Å². The Bertz CT molecular complexity index is 742. The van der Waals surface area contributed by atoms with E-state index in [1.54, 1.807) is 6.92 Å². The van der Waals surface area contributed by atoms with Gasteiger partial charge in [0.05, 0.1) is 16.1 Å². The number of benzene rings is 1. The number of aryl methyl sites for hydroxylation is 1. The van der Waals surface area contributed by atoms with Gasteiger partial charge < -0.3 is 5.11 Å². The third-order valence-electron chi connectivity index (χ3n) is 2.44. The third-order valence-corrected chi connectivity index (χ3v) is 3.19. The molecule has 0 saturated heterocycles. The monoisotopic (exact) mass is 308 g/mol. The van der Waals surface area contributed by atoms with Crippen LogP contribution in [0.25, 0.3) is 0 Å². The molecule has 1 aromatic carbocycles. The molecular weight excluding hydrogens is 300 g/mol. The van der Waals surface area contributed by atoms with Gasteiger partial charge in [0, 0.05) is 12.1 Å². The van der Waals surface area contributed by atoms with Crippen molar-refractivity contribution >= 4 is 34.0 Å². The quantitative estimate of drug-likeness (QED) is 0.648. The van der Waals surface area contributed by atoms with Crippen molar-refractivity contribution in [3.05, 3.63) is 44.4 Å². The molecule has 1 heterocycles. The van der Waals surface area contributed by atoms with E-state index >= 15 is 0 Å². The minimum atomic E-state index is -1.36. The number of nitro groups is 1. The Morgan fingerprint density at radius 1 is 1.33 bits per heavy atom. The molecule has 0 radical (unpaired) electrons. The van der Waals surface area contributed by atoms with Gasteiger partial charge in [-0.05, 0) is 13.0 Å². The molecular formula is C11H8N4O5S. The predicted octanol–water partition coefficient (Wildman–Crippen LogP) is 1.71. The van der Waals surface area contributed by atoms with Crippen LogP contribution in [0.4, 0.5) is 10.8 Å². The molecule has 0 spiro atoms. The largest absolute Gasteiger partial charge is 0.478 e. The molecule has 0 aliphatic carbocycles. The minimum absolute atomic E-state index is 0.181. The van der Waals surface area contributed by atoms with Gasteiger partial charge in [0.25, 0.3) is 11.6 Å². The number of anilines is 1. The Labute approximate surface area is 121 Å². The van der Waals surface area contributed by atoms with E-state index in [0.717, 1.165) is 29.5 Å². The highest BCUT2D eigenvalue weighted by atomic mass is 32.1. The predicted molar refractivity (Wildman–Crippen MR) is 72.7 cm³/mol. The SMILES string of the molecule is Cc1nnc(NC(=O)c2cc([N+](=O)[O-])ccc2C(=O)O)s1. The second-order valence-corrected chi connectivity index (χ2v) is 5.05. The van der Waals surface area contributed by atoms with Crippen LogP contribution in [-0.4, -0.2) is 32.1 Å². The lowest BCUT2D eigenvalue weighted by Crippen LogP contribution is -2.16. The second-order valence-electron chi connectivity index (χ2n) is 3.87. The van der Waals surface area contributed by atoms with Crippen molar-refractivity contribution in [3.63, 3.8) is 0 Å².